The van der Waals surface area contributed by atoms with E-state index in [9.17, 15) is 4.79 Å². The lowest BCUT2D eigenvalue weighted by Gasteiger charge is -1.93. The van der Waals surface area contributed by atoms with Gasteiger partial charge in [0.15, 0.2) is 5.78 Å². The van der Waals surface area contributed by atoms with Crippen molar-refractivity contribution in [2.24, 2.45) is 0 Å². The van der Waals surface area contributed by atoms with E-state index >= 15 is 0 Å². The third-order valence-electron chi connectivity index (χ3n) is 1.73. The predicted octanol–water partition coefficient (Wildman–Crippen LogP) is 1.26. The van der Waals surface area contributed by atoms with E-state index in [4.69, 9.17) is 11.6 Å². The normalized spacial score (nSPS) is 15.2. The van der Waals surface area contributed by atoms with Crippen molar-refractivity contribution in [3.05, 3.63) is 22.7 Å². The molecule has 3 nitrogen and oxygen atoms in total. The van der Waals surface area contributed by atoms with Gasteiger partial charge in [-0.25, -0.2) is 9.97 Å². The van der Waals surface area contributed by atoms with Gasteiger partial charge in [-0.3, -0.25) is 4.79 Å². The highest BCUT2D eigenvalue weighted by Gasteiger charge is 2.20. The molecule has 0 radical (unpaired) electrons. The topological polar surface area (TPSA) is 42.9 Å². The van der Waals surface area contributed by atoms with Crippen molar-refractivity contribution < 1.29 is 4.79 Å². The summed E-state index contributed by atoms with van der Waals surface area (Å²) in [5, 5.41) is 0.221. The Morgan fingerprint density at radius 2 is 2.27 bits per heavy atom. The van der Waals surface area contributed by atoms with E-state index in [2.05, 4.69) is 9.97 Å². The zero-order valence-electron chi connectivity index (χ0n) is 5.67. The van der Waals surface area contributed by atoms with Crippen LogP contribution in [0, 0.1) is 0 Å². The van der Waals surface area contributed by atoms with Crippen LogP contribution in [0.15, 0.2) is 6.20 Å². The highest BCUT2D eigenvalue weighted by atomic mass is 35.5. The highest BCUT2D eigenvalue weighted by molar-refractivity contribution is 6.28. The number of fused-ring (bicyclic) bond motifs is 1. The van der Waals surface area contributed by atoms with E-state index in [1.54, 1.807) is 0 Å². The number of nitrogens with zero attached hydrogens (tertiary/aromatic N) is 2. The molecule has 0 amide bonds. The minimum atomic E-state index is 0.122. The fraction of sp³-hybridized carbons (Fsp3) is 0.286. The summed E-state index contributed by atoms with van der Waals surface area (Å²) in [6.45, 7) is 0. The molecule has 0 aliphatic heterocycles. The molecule has 0 spiro atoms. The Morgan fingerprint density at radius 1 is 1.45 bits per heavy atom. The Morgan fingerprint density at radius 3 is 3.09 bits per heavy atom. The number of carbonyl (C=O) groups excluding carboxylic acids is 1. The van der Waals surface area contributed by atoms with Crippen molar-refractivity contribution in [2.75, 3.05) is 0 Å². The number of halogens is 1. The van der Waals surface area contributed by atoms with Crippen molar-refractivity contribution in [1.29, 1.82) is 0 Å². The SMILES string of the molecule is O=C1CCc2nc(Cl)ncc21. The summed E-state index contributed by atoms with van der Waals surface area (Å²) in [7, 11) is 0. The summed E-state index contributed by atoms with van der Waals surface area (Å²) in [6.07, 6.45) is 2.75. The van der Waals surface area contributed by atoms with E-state index in [1.807, 2.05) is 0 Å². The molecule has 1 aliphatic carbocycles. The van der Waals surface area contributed by atoms with Crippen LogP contribution in [0.5, 0.6) is 0 Å². The number of rotatable bonds is 0. The van der Waals surface area contributed by atoms with Gasteiger partial charge in [-0.15, -0.1) is 0 Å². The first kappa shape index (κ1) is 6.73. The van der Waals surface area contributed by atoms with Crippen molar-refractivity contribution in [1.82, 2.24) is 9.97 Å². The molecule has 56 valence electrons. The van der Waals surface area contributed by atoms with Crippen LogP contribution in [0.2, 0.25) is 5.28 Å². The summed E-state index contributed by atoms with van der Waals surface area (Å²) in [5.41, 5.74) is 1.42. The second kappa shape index (κ2) is 2.27. The second-order valence-electron chi connectivity index (χ2n) is 2.42. The lowest BCUT2D eigenvalue weighted by molar-refractivity contribution is 0.0994. The average molecular weight is 169 g/mol. The maximum Gasteiger partial charge on any atom is 0.222 e. The fourth-order valence-electron chi connectivity index (χ4n) is 1.18. The van der Waals surface area contributed by atoms with Crippen LogP contribution in [-0.2, 0) is 6.42 Å². The molecule has 0 unspecified atom stereocenters. The monoisotopic (exact) mass is 168 g/mol. The minimum absolute atomic E-state index is 0.122. The number of hydrogen-bond donors (Lipinski definition) is 0. The van der Waals surface area contributed by atoms with Gasteiger partial charge in [0.05, 0.1) is 11.3 Å². The standard InChI is InChI=1S/C7H5ClN2O/c8-7-9-3-4-5(10-7)1-2-6(4)11/h3H,1-2H2. The van der Waals surface area contributed by atoms with E-state index in [0.717, 1.165) is 5.69 Å². The van der Waals surface area contributed by atoms with Crippen LogP contribution in [0.1, 0.15) is 22.5 Å². The molecular weight excluding hydrogens is 164 g/mol. The van der Waals surface area contributed by atoms with Crippen LogP contribution >= 0.6 is 11.6 Å². The van der Waals surface area contributed by atoms with Gasteiger partial charge in [0, 0.05) is 12.6 Å². The number of aromatic nitrogens is 2. The Kier molecular flexibility index (Phi) is 1.39. The smallest absolute Gasteiger partial charge is 0.222 e. The summed E-state index contributed by atoms with van der Waals surface area (Å²) in [6, 6.07) is 0. The molecule has 0 aromatic carbocycles. The fourth-order valence-corrected chi connectivity index (χ4v) is 1.33. The van der Waals surface area contributed by atoms with Gasteiger partial charge in [-0.05, 0) is 18.0 Å². The molecule has 0 bridgehead atoms. The first-order chi connectivity index (χ1) is 5.27. The van der Waals surface area contributed by atoms with Crippen molar-refractivity contribution in [2.45, 2.75) is 12.8 Å². The van der Waals surface area contributed by atoms with E-state index in [1.165, 1.54) is 6.20 Å². The summed E-state index contributed by atoms with van der Waals surface area (Å²) >= 11 is 5.54. The van der Waals surface area contributed by atoms with Crippen LogP contribution < -0.4 is 0 Å². The maximum atomic E-state index is 11.1. The Hall–Kier alpha value is -0.960. The van der Waals surface area contributed by atoms with Crippen LogP contribution in [-0.4, -0.2) is 15.8 Å². The number of carbonyl (C=O) groups is 1. The van der Waals surface area contributed by atoms with Gasteiger partial charge in [0.1, 0.15) is 0 Å². The number of aryl methyl sites for hydroxylation is 1. The first-order valence-corrected chi connectivity index (χ1v) is 3.70. The second-order valence-corrected chi connectivity index (χ2v) is 2.76. The van der Waals surface area contributed by atoms with Gasteiger partial charge in [0.2, 0.25) is 5.28 Å². The lowest BCUT2D eigenvalue weighted by Crippen LogP contribution is -1.94. The molecule has 0 fully saturated rings. The maximum absolute atomic E-state index is 11.1. The number of ketones is 1. The van der Waals surface area contributed by atoms with E-state index in [-0.39, 0.29) is 11.1 Å². The quantitative estimate of drug-likeness (QED) is 0.548. The molecular formula is C7H5ClN2O. The number of Topliss-reactive ketones (excluding diaryl/α,β-unsaturated/α-hetero) is 1. The van der Waals surface area contributed by atoms with Gasteiger partial charge in [-0.2, -0.15) is 0 Å². The molecule has 4 heteroatoms. The Labute approximate surface area is 68.4 Å². The molecule has 1 aliphatic rings. The van der Waals surface area contributed by atoms with Crippen molar-refractivity contribution in [3.63, 3.8) is 0 Å². The molecule has 1 aromatic heterocycles. The van der Waals surface area contributed by atoms with Crippen molar-refractivity contribution >= 4 is 17.4 Å². The molecule has 0 saturated carbocycles. The van der Waals surface area contributed by atoms with E-state index < -0.39 is 0 Å². The molecule has 0 N–H and O–H groups in total. The first-order valence-electron chi connectivity index (χ1n) is 3.32. The zero-order valence-corrected chi connectivity index (χ0v) is 6.43. The van der Waals surface area contributed by atoms with Gasteiger partial charge >= 0.3 is 0 Å². The predicted molar refractivity (Wildman–Crippen MR) is 39.7 cm³/mol. The summed E-state index contributed by atoms with van der Waals surface area (Å²) < 4.78 is 0. The van der Waals surface area contributed by atoms with Crippen LogP contribution in [0.25, 0.3) is 0 Å². The summed E-state index contributed by atoms with van der Waals surface area (Å²) in [5.74, 6) is 0.122. The molecule has 0 saturated heterocycles. The zero-order chi connectivity index (χ0) is 7.84. The molecule has 1 aromatic rings. The molecule has 0 atom stereocenters. The largest absolute Gasteiger partial charge is 0.294 e. The lowest BCUT2D eigenvalue weighted by atomic mass is 10.2. The highest BCUT2D eigenvalue weighted by Crippen LogP contribution is 2.19. The van der Waals surface area contributed by atoms with Crippen LogP contribution in [0.3, 0.4) is 0 Å². The van der Waals surface area contributed by atoms with Crippen LogP contribution in [0.4, 0.5) is 0 Å². The average Bonchev–Trinajstić information content (AvgIpc) is 2.32. The third kappa shape index (κ3) is 1.01. The molecule has 1 heterocycles. The third-order valence-corrected chi connectivity index (χ3v) is 1.91. The van der Waals surface area contributed by atoms with Gasteiger partial charge in [-0.1, -0.05) is 0 Å². The molecule has 2 rings (SSSR count). The Balaban J connectivity index is 2.59. The van der Waals surface area contributed by atoms with Gasteiger partial charge < -0.3 is 0 Å². The molecule has 11 heavy (non-hydrogen) atoms. The number of hydrogen-bond acceptors (Lipinski definition) is 3. The van der Waals surface area contributed by atoms with E-state index in [0.29, 0.717) is 18.4 Å². The van der Waals surface area contributed by atoms with Gasteiger partial charge in [0.25, 0.3) is 0 Å². The van der Waals surface area contributed by atoms with Crippen molar-refractivity contribution in [3.8, 4) is 0 Å². The Bertz CT molecular complexity index is 324. The summed E-state index contributed by atoms with van der Waals surface area (Å²) in [4.78, 5) is 18.7. The minimum Gasteiger partial charge on any atom is -0.294 e.